The van der Waals surface area contributed by atoms with Gasteiger partial charge in [-0.3, -0.25) is 10.3 Å². The molecule has 0 bridgehead atoms. The molecule has 0 saturated carbocycles. The SMILES string of the molecule is COC1CC(c2ccc3c4c2C=CC2=CC=CC(C=C3)C24)=NC(C2C=CCCC2O)N1. The van der Waals surface area contributed by atoms with Crippen molar-refractivity contribution in [2.45, 2.75) is 43.7 Å². The van der Waals surface area contributed by atoms with Crippen LogP contribution in [0.3, 0.4) is 0 Å². The van der Waals surface area contributed by atoms with Crippen molar-refractivity contribution in [1.82, 2.24) is 5.32 Å². The lowest BCUT2D eigenvalue weighted by Crippen LogP contribution is -2.50. The van der Waals surface area contributed by atoms with Crippen LogP contribution >= 0.6 is 0 Å². The molecule has 6 rings (SSSR count). The molecule has 2 N–H and O–H groups in total. The van der Waals surface area contributed by atoms with Gasteiger partial charge in [-0.1, -0.05) is 66.8 Å². The van der Waals surface area contributed by atoms with Gasteiger partial charge in [0.25, 0.3) is 0 Å². The van der Waals surface area contributed by atoms with E-state index in [-0.39, 0.29) is 24.4 Å². The highest BCUT2D eigenvalue weighted by atomic mass is 16.5. The Labute approximate surface area is 183 Å². The van der Waals surface area contributed by atoms with Crippen LogP contribution in [0.5, 0.6) is 0 Å². The van der Waals surface area contributed by atoms with E-state index >= 15 is 0 Å². The lowest BCUT2D eigenvalue weighted by atomic mass is 9.68. The monoisotopic (exact) mass is 412 g/mol. The van der Waals surface area contributed by atoms with E-state index in [1.165, 1.54) is 27.8 Å². The van der Waals surface area contributed by atoms with Crippen LogP contribution in [0.25, 0.3) is 12.2 Å². The minimum atomic E-state index is -0.377. The molecule has 0 fully saturated rings. The van der Waals surface area contributed by atoms with Gasteiger partial charge in [0.1, 0.15) is 12.4 Å². The Morgan fingerprint density at radius 2 is 2.06 bits per heavy atom. The van der Waals surface area contributed by atoms with Crippen LogP contribution in [-0.4, -0.2) is 36.4 Å². The molecule has 1 aliphatic heterocycles. The maximum atomic E-state index is 10.6. The first-order valence-electron chi connectivity index (χ1n) is 11.3. The van der Waals surface area contributed by atoms with E-state index in [4.69, 9.17) is 9.73 Å². The molecule has 6 unspecified atom stereocenters. The molecule has 0 aromatic heterocycles. The molecule has 6 atom stereocenters. The molecule has 1 heterocycles. The van der Waals surface area contributed by atoms with Crippen LogP contribution in [-0.2, 0) is 4.74 Å². The fourth-order valence-corrected chi connectivity index (χ4v) is 5.76. The number of nitrogens with zero attached hydrogens (tertiary/aromatic N) is 1. The topological polar surface area (TPSA) is 53.9 Å². The van der Waals surface area contributed by atoms with Gasteiger partial charge in [-0.05, 0) is 35.1 Å². The fourth-order valence-electron chi connectivity index (χ4n) is 5.76. The number of rotatable bonds is 3. The van der Waals surface area contributed by atoms with Crippen molar-refractivity contribution in [3.63, 3.8) is 0 Å². The molecule has 4 nitrogen and oxygen atoms in total. The first kappa shape index (κ1) is 19.2. The van der Waals surface area contributed by atoms with Crippen molar-refractivity contribution in [2.24, 2.45) is 16.8 Å². The summed E-state index contributed by atoms with van der Waals surface area (Å²) in [7, 11) is 1.74. The van der Waals surface area contributed by atoms with Crippen LogP contribution in [0.2, 0.25) is 0 Å². The van der Waals surface area contributed by atoms with Gasteiger partial charge in [0.2, 0.25) is 0 Å². The van der Waals surface area contributed by atoms with Gasteiger partial charge in [0.05, 0.1) is 6.10 Å². The second kappa shape index (κ2) is 7.56. The van der Waals surface area contributed by atoms with E-state index in [1.807, 2.05) is 0 Å². The van der Waals surface area contributed by atoms with Gasteiger partial charge in [-0.25, -0.2) is 0 Å². The smallest absolute Gasteiger partial charge is 0.114 e. The van der Waals surface area contributed by atoms with Crippen LogP contribution in [0, 0.1) is 11.8 Å². The number of allylic oxidation sites excluding steroid dienone is 7. The highest BCUT2D eigenvalue weighted by Gasteiger charge is 2.36. The zero-order chi connectivity index (χ0) is 20.9. The van der Waals surface area contributed by atoms with E-state index in [2.05, 4.69) is 72.1 Å². The average molecular weight is 413 g/mol. The van der Waals surface area contributed by atoms with E-state index in [0.717, 1.165) is 18.6 Å². The Bertz CT molecular complexity index is 1090. The predicted octanol–water partition coefficient (Wildman–Crippen LogP) is 4.34. The number of hydrogen-bond donors (Lipinski definition) is 2. The minimum absolute atomic E-state index is 0.0310. The summed E-state index contributed by atoms with van der Waals surface area (Å²) in [6, 6.07) is 4.46. The second-order valence-corrected chi connectivity index (χ2v) is 9.09. The quantitative estimate of drug-likeness (QED) is 0.726. The molecule has 0 amide bonds. The maximum Gasteiger partial charge on any atom is 0.114 e. The first-order valence-corrected chi connectivity index (χ1v) is 11.3. The fraction of sp³-hybridized carbons (Fsp3) is 0.370. The van der Waals surface area contributed by atoms with Crippen molar-refractivity contribution in [3.05, 3.63) is 82.5 Å². The number of methoxy groups -OCH3 is 1. The minimum Gasteiger partial charge on any atom is -0.392 e. The number of hydrogen-bond acceptors (Lipinski definition) is 4. The first-order chi connectivity index (χ1) is 15.2. The molecule has 4 heteroatoms. The normalized spacial score (nSPS) is 34.9. The number of aliphatic hydroxyl groups excluding tert-OH is 1. The van der Waals surface area contributed by atoms with Crippen LogP contribution < -0.4 is 5.32 Å². The van der Waals surface area contributed by atoms with Crippen molar-refractivity contribution < 1.29 is 9.84 Å². The Hall–Kier alpha value is -2.53. The molecule has 0 radical (unpaired) electrons. The summed E-state index contributed by atoms with van der Waals surface area (Å²) in [6.07, 6.45) is 21.9. The highest BCUT2D eigenvalue weighted by molar-refractivity contribution is 6.05. The molecular formula is C27H28N2O2. The maximum absolute atomic E-state index is 10.6. The third kappa shape index (κ3) is 3.13. The summed E-state index contributed by atoms with van der Waals surface area (Å²) in [5.74, 6) is 0.782. The van der Waals surface area contributed by atoms with Gasteiger partial charge in [-0.2, -0.15) is 0 Å². The number of benzene rings is 1. The summed E-state index contributed by atoms with van der Waals surface area (Å²) in [5, 5.41) is 14.1. The van der Waals surface area contributed by atoms with Crippen molar-refractivity contribution in [2.75, 3.05) is 7.11 Å². The van der Waals surface area contributed by atoms with E-state index in [9.17, 15) is 5.11 Å². The van der Waals surface area contributed by atoms with Gasteiger partial charge >= 0.3 is 0 Å². The zero-order valence-electron chi connectivity index (χ0n) is 17.7. The molecule has 4 aliphatic carbocycles. The lowest BCUT2D eigenvalue weighted by Gasteiger charge is -2.38. The molecule has 0 saturated heterocycles. The number of ether oxygens (including phenoxy) is 1. The number of aliphatic hydroxyl groups is 1. The van der Waals surface area contributed by atoms with Crippen molar-refractivity contribution in [3.8, 4) is 0 Å². The summed E-state index contributed by atoms with van der Waals surface area (Å²) < 4.78 is 5.74. The summed E-state index contributed by atoms with van der Waals surface area (Å²) in [5.41, 5.74) is 7.67. The summed E-state index contributed by atoms with van der Waals surface area (Å²) in [4.78, 5) is 5.14. The van der Waals surface area contributed by atoms with E-state index < -0.39 is 0 Å². The number of aliphatic imine (C=N–C) groups is 1. The second-order valence-electron chi connectivity index (χ2n) is 9.09. The molecule has 1 aromatic rings. The summed E-state index contributed by atoms with van der Waals surface area (Å²) in [6.45, 7) is 0. The Morgan fingerprint density at radius 1 is 1.13 bits per heavy atom. The van der Waals surface area contributed by atoms with Gasteiger partial charge in [0.15, 0.2) is 0 Å². The van der Waals surface area contributed by atoms with Gasteiger partial charge in [0, 0.05) is 42.6 Å². The van der Waals surface area contributed by atoms with Crippen LogP contribution in [0.15, 0.2) is 65.2 Å². The standard InChI is InChI=1S/C27H28N2O2/c1-31-24-15-22(28-27(29-24)21-7-2-3-8-23(21)30)19-13-11-18-10-9-16-5-4-6-17-12-14-20(19)26(18)25(16)17/h2,4-7,9-14,16,21,23-25,27,29-30H,3,8,15H2,1H3. The number of nitrogens with one attached hydrogen (secondary N) is 1. The van der Waals surface area contributed by atoms with Crippen molar-refractivity contribution >= 4 is 17.9 Å². The van der Waals surface area contributed by atoms with E-state index in [1.54, 1.807) is 7.11 Å². The predicted molar refractivity (Wildman–Crippen MR) is 125 cm³/mol. The van der Waals surface area contributed by atoms with E-state index in [0.29, 0.717) is 18.3 Å². The molecule has 0 spiro atoms. The third-order valence-electron chi connectivity index (χ3n) is 7.36. The van der Waals surface area contributed by atoms with Gasteiger partial charge < -0.3 is 9.84 Å². The Balaban J connectivity index is 1.46. The molecule has 1 aromatic carbocycles. The lowest BCUT2D eigenvalue weighted by molar-refractivity contribution is 0.0360. The van der Waals surface area contributed by atoms with Crippen molar-refractivity contribution in [1.29, 1.82) is 0 Å². The van der Waals surface area contributed by atoms with Crippen LogP contribution in [0.4, 0.5) is 0 Å². The third-order valence-corrected chi connectivity index (χ3v) is 7.36. The molecule has 158 valence electrons. The highest BCUT2D eigenvalue weighted by Crippen LogP contribution is 2.48. The Kier molecular flexibility index (Phi) is 4.67. The Morgan fingerprint density at radius 3 is 2.94 bits per heavy atom. The molecule has 5 aliphatic rings. The molecular weight excluding hydrogens is 384 g/mol. The summed E-state index contributed by atoms with van der Waals surface area (Å²) >= 11 is 0. The van der Waals surface area contributed by atoms with Crippen LogP contribution in [0.1, 0.15) is 47.4 Å². The van der Waals surface area contributed by atoms with Gasteiger partial charge in [-0.15, -0.1) is 0 Å². The molecule has 31 heavy (non-hydrogen) atoms. The average Bonchev–Trinajstić information content (AvgIpc) is 2.82. The zero-order valence-corrected chi connectivity index (χ0v) is 17.7. The largest absolute Gasteiger partial charge is 0.392 e.